The Kier molecular flexibility index (Phi) is 4.38. The van der Waals surface area contributed by atoms with Gasteiger partial charge in [0.25, 0.3) is 0 Å². The summed E-state index contributed by atoms with van der Waals surface area (Å²) >= 11 is -1.79. The van der Waals surface area contributed by atoms with Crippen molar-refractivity contribution >= 4 is 17.7 Å². The fourth-order valence-electron chi connectivity index (χ4n) is 2.54. The Hall–Kier alpha value is -1.09. The number of benzene rings is 1. The Morgan fingerprint density at radius 1 is 1.00 bits per heavy atom. The third-order valence-corrected chi connectivity index (χ3v) is 8.28. The van der Waals surface area contributed by atoms with Crippen molar-refractivity contribution in [3.05, 3.63) is 47.7 Å². The Morgan fingerprint density at radius 3 is 2.05 bits per heavy atom. The number of aromatic nitrogens is 1. The van der Waals surface area contributed by atoms with Crippen LogP contribution in [0.4, 0.5) is 0 Å². The molecule has 0 aliphatic carbocycles. The minimum atomic E-state index is -1.79. The molecule has 0 aliphatic heterocycles. The van der Waals surface area contributed by atoms with E-state index < -0.39 is 13.3 Å². The molecule has 106 valence electrons. The van der Waals surface area contributed by atoms with Crippen molar-refractivity contribution in [2.24, 2.45) is 0 Å². The number of rotatable bonds is 3. The molecule has 0 radical (unpaired) electrons. The molecule has 2 rings (SSSR count). The van der Waals surface area contributed by atoms with Crippen molar-refractivity contribution in [3.63, 3.8) is 0 Å². The van der Waals surface area contributed by atoms with Crippen molar-refractivity contribution < 1.29 is 0 Å². The Bertz CT molecular complexity index is 592. The molecule has 0 N–H and O–H groups in total. The standard InChI is InChI=1S/C18H25GeN/c1-13(2)15-7-9-16(10-8-15)18-11-14(3)17(12-20-18)19(4,5)6/h7-13H,1-6H3. The third kappa shape index (κ3) is 3.32. The summed E-state index contributed by atoms with van der Waals surface area (Å²) < 4.78 is 1.51. The van der Waals surface area contributed by atoms with Gasteiger partial charge >= 0.3 is 126 Å². The fraction of sp³-hybridized carbons (Fsp3) is 0.389. The van der Waals surface area contributed by atoms with Gasteiger partial charge in [-0.15, -0.1) is 0 Å². The van der Waals surface area contributed by atoms with Crippen LogP contribution in [0.25, 0.3) is 11.3 Å². The van der Waals surface area contributed by atoms with Crippen LogP contribution in [0, 0.1) is 6.92 Å². The molecule has 0 aliphatic rings. The van der Waals surface area contributed by atoms with E-state index in [0.29, 0.717) is 5.92 Å². The summed E-state index contributed by atoms with van der Waals surface area (Å²) in [6.07, 6.45) is 2.11. The Labute approximate surface area is 125 Å². The molecule has 20 heavy (non-hydrogen) atoms. The van der Waals surface area contributed by atoms with Crippen LogP contribution in [0.3, 0.4) is 0 Å². The van der Waals surface area contributed by atoms with Gasteiger partial charge in [0.15, 0.2) is 0 Å². The van der Waals surface area contributed by atoms with Crippen molar-refractivity contribution in [2.75, 3.05) is 0 Å². The molecule has 0 atom stereocenters. The van der Waals surface area contributed by atoms with E-state index in [1.165, 1.54) is 21.1 Å². The first-order valence-corrected chi connectivity index (χ1v) is 14.7. The second-order valence-corrected chi connectivity index (χ2v) is 17.5. The Balaban J connectivity index is 2.37. The van der Waals surface area contributed by atoms with Crippen LogP contribution in [-0.2, 0) is 0 Å². The maximum absolute atomic E-state index is 4.70. The quantitative estimate of drug-likeness (QED) is 0.743. The zero-order valence-corrected chi connectivity index (χ0v) is 15.6. The van der Waals surface area contributed by atoms with Gasteiger partial charge in [0, 0.05) is 0 Å². The van der Waals surface area contributed by atoms with Crippen molar-refractivity contribution in [1.82, 2.24) is 4.98 Å². The summed E-state index contributed by atoms with van der Waals surface area (Å²) in [5, 5.41) is 0. The molecule has 1 heterocycles. The first-order valence-electron chi connectivity index (χ1n) is 7.36. The van der Waals surface area contributed by atoms with Crippen molar-refractivity contribution in [3.8, 4) is 11.3 Å². The van der Waals surface area contributed by atoms with Gasteiger partial charge in [0.05, 0.1) is 0 Å². The second kappa shape index (κ2) is 5.73. The predicted octanol–water partition coefficient (Wildman–Crippen LogP) is 4.73. The molecule has 1 aromatic carbocycles. The normalized spacial score (nSPS) is 11.9. The molecular weight excluding hydrogens is 303 g/mol. The van der Waals surface area contributed by atoms with Gasteiger partial charge in [-0.1, -0.05) is 0 Å². The molecule has 2 heteroatoms. The van der Waals surface area contributed by atoms with Crippen molar-refractivity contribution in [1.29, 1.82) is 0 Å². The summed E-state index contributed by atoms with van der Waals surface area (Å²) in [6.45, 7) is 6.67. The molecule has 1 nitrogen and oxygen atoms in total. The van der Waals surface area contributed by atoms with Crippen LogP contribution in [-0.4, -0.2) is 18.3 Å². The molecular formula is C18H25GeN. The fourth-order valence-corrected chi connectivity index (χ4v) is 6.12. The molecule has 0 bridgehead atoms. The molecule has 0 unspecified atom stereocenters. The van der Waals surface area contributed by atoms with E-state index in [0.717, 1.165) is 5.69 Å². The monoisotopic (exact) mass is 329 g/mol. The van der Waals surface area contributed by atoms with Gasteiger partial charge in [-0.2, -0.15) is 0 Å². The summed E-state index contributed by atoms with van der Waals surface area (Å²) in [5.41, 5.74) is 5.08. The number of pyridine rings is 1. The average Bonchev–Trinajstić information content (AvgIpc) is 2.37. The van der Waals surface area contributed by atoms with Gasteiger partial charge in [0.1, 0.15) is 0 Å². The van der Waals surface area contributed by atoms with Crippen LogP contribution in [0.15, 0.2) is 36.5 Å². The molecule has 0 saturated carbocycles. The van der Waals surface area contributed by atoms with E-state index in [1.54, 1.807) is 0 Å². The minimum absolute atomic E-state index is 0.579. The summed E-state index contributed by atoms with van der Waals surface area (Å²) in [6, 6.07) is 11.1. The van der Waals surface area contributed by atoms with Gasteiger partial charge in [0.2, 0.25) is 0 Å². The van der Waals surface area contributed by atoms with Gasteiger partial charge in [-0.25, -0.2) is 0 Å². The van der Waals surface area contributed by atoms with E-state index >= 15 is 0 Å². The van der Waals surface area contributed by atoms with Gasteiger partial charge < -0.3 is 0 Å². The van der Waals surface area contributed by atoms with Crippen LogP contribution < -0.4 is 4.40 Å². The molecule has 0 fully saturated rings. The van der Waals surface area contributed by atoms with E-state index in [2.05, 4.69) is 74.6 Å². The summed E-state index contributed by atoms with van der Waals surface area (Å²) in [7, 11) is 0. The first kappa shape index (κ1) is 15.3. The predicted molar refractivity (Wildman–Crippen MR) is 91.5 cm³/mol. The van der Waals surface area contributed by atoms with E-state index in [4.69, 9.17) is 4.98 Å². The van der Waals surface area contributed by atoms with E-state index in [1.807, 2.05) is 0 Å². The second-order valence-electron chi connectivity index (χ2n) is 6.91. The Morgan fingerprint density at radius 2 is 1.60 bits per heavy atom. The van der Waals surface area contributed by atoms with Gasteiger partial charge in [-0.3, -0.25) is 0 Å². The zero-order chi connectivity index (χ0) is 14.9. The zero-order valence-electron chi connectivity index (χ0n) is 13.5. The van der Waals surface area contributed by atoms with Crippen LogP contribution in [0.2, 0.25) is 17.3 Å². The van der Waals surface area contributed by atoms with Crippen LogP contribution in [0.5, 0.6) is 0 Å². The molecule has 1 aromatic heterocycles. The summed E-state index contributed by atoms with van der Waals surface area (Å²) in [5.74, 6) is 7.83. The number of nitrogens with zero attached hydrogens (tertiary/aromatic N) is 1. The van der Waals surface area contributed by atoms with E-state index in [-0.39, 0.29) is 0 Å². The first-order chi connectivity index (χ1) is 9.29. The third-order valence-electron chi connectivity index (χ3n) is 3.79. The topological polar surface area (TPSA) is 12.9 Å². The maximum atomic E-state index is 4.70. The number of hydrogen-bond acceptors (Lipinski definition) is 1. The average molecular weight is 328 g/mol. The SMILES string of the molecule is Cc1cc(-c2ccc(C(C)C)cc2)nc[c]1[Ge]([CH3])([CH3])[CH3]. The number of aryl methyl sites for hydroxylation is 1. The molecule has 0 spiro atoms. The van der Waals surface area contributed by atoms with Crippen LogP contribution >= 0.6 is 0 Å². The number of hydrogen-bond donors (Lipinski definition) is 0. The molecule has 0 saturated heterocycles. The van der Waals surface area contributed by atoms with Crippen LogP contribution in [0.1, 0.15) is 30.9 Å². The molecule has 0 amide bonds. The van der Waals surface area contributed by atoms with E-state index in [9.17, 15) is 0 Å². The van der Waals surface area contributed by atoms with Crippen molar-refractivity contribution in [2.45, 2.75) is 44.0 Å². The molecule has 2 aromatic rings. The summed E-state index contributed by atoms with van der Waals surface area (Å²) in [4.78, 5) is 4.70. The van der Waals surface area contributed by atoms with Gasteiger partial charge in [-0.05, 0) is 0 Å².